The van der Waals surface area contributed by atoms with Crippen molar-refractivity contribution in [1.82, 2.24) is 29.3 Å². The van der Waals surface area contributed by atoms with E-state index in [9.17, 15) is 4.39 Å². The maximum Gasteiger partial charge on any atom is 0.142 e. The number of aryl methyl sites for hydroxylation is 4. The molecule has 0 aliphatic heterocycles. The molecule has 0 saturated heterocycles. The van der Waals surface area contributed by atoms with Crippen LogP contribution in [0.4, 0.5) is 15.9 Å². The van der Waals surface area contributed by atoms with Gasteiger partial charge in [-0.2, -0.15) is 5.10 Å². The lowest BCUT2D eigenvalue weighted by Crippen LogP contribution is -2.07. The van der Waals surface area contributed by atoms with Gasteiger partial charge in [0.2, 0.25) is 0 Å². The molecule has 1 aliphatic carbocycles. The van der Waals surface area contributed by atoms with Gasteiger partial charge in [-0.05, 0) is 54.3 Å². The Balaban J connectivity index is 1.13. The van der Waals surface area contributed by atoms with E-state index in [4.69, 9.17) is 21.4 Å². The summed E-state index contributed by atoms with van der Waals surface area (Å²) in [5.41, 5.74) is 5.05. The third-order valence-corrected chi connectivity index (χ3v) is 8.37. The molecule has 40 heavy (non-hydrogen) atoms. The van der Waals surface area contributed by atoms with Crippen LogP contribution in [0.15, 0.2) is 73.7 Å². The average molecular weight is 572 g/mol. The van der Waals surface area contributed by atoms with Crippen LogP contribution in [0.2, 0.25) is 5.02 Å². The number of rotatable bonds is 8. The first kappa shape index (κ1) is 24.7. The second-order valence-corrected chi connectivity index (χ2v) is 11.0. The maximum atomic E-state index is 13.5. The van der Waals surface area contributed by atoms with Crippen LogP contribution < -0.4 is 10.1 Å². The molecule has 0 amide bonds. The highest BCUT2D eigenvalue weighted by molar-refractivity contribution is 7.22. The average Bonchev–Trinajstić information content (AvgIpc) is 3.70. The standard InChI is InChI=1S/C29H23ClFN7OS/c30-23-13-20(4-7-25(23)39-15-18-2-1-3-19(31)12-18)35-28-26-21-5-6-24-22(27(21)40-29(26)34-16-33-28)14-38(36-24)11-10-37-9-8-32-17-37/h1-4,7-9,12-14,16-17H,5-6,10-11,15H2,(H,33,34,35). The fraction of sp³-hybridized carbons (Fsp3) is 0.172. The zero-order valence-electron chi connectivity index (χ0n) is 21.2. The van der Waals surface area contributed by atoms with E-state index in [-0.39, 0.29) is 12.4 Å². The lowest BCUT2D eigenvalue weighted by atomic mass is 9.95. The van der Waals surface area contributed by atoms with Crippen LogP contribution in [0.1, 0.15) is 16.8 Å². The van der Waals surface area contributed by atoms with Gasteiger partial charge < -0.3 is 14.6 Å². The van der Waals surface area contributed by atoms with Crippen LogP contribution in [0, 0.1) is 5.82 Å². The zero-order valence-corrected chi connectivity index (χ0v) is 22.8. The Kier molecular flexibility index (Phi) is 6.41. The van der Waals surface area contributed by atoms with Gasteiger partial charge >= 0.3 is 0 Å². The summed E-state index contributed by atoms with van der Waals surface area (Å²) in [6.07, 6.45) is 11.0. The molecule has 0 fully saturated rings. The fourth-order valence-electron chi connectivity index (χ4n) is 4.99. The van der Waals surface area contributed by atoms with Crippen LogP contribution >= 0.6 is 22.9 Å². The number of thiophene rings is 1. The normalized spacial score (nSPS) is 12.3. The highest BCUT2D eigenvalue weighted by Gasteiger charge is 2.26. The summed E-state index contributed by atoms with van der Waals surface area (Å²) in [5.74, 6) is 0.965. The largest absolute Gasteiger partial charge is 0.487 e. The molecule has 2 aromatic carbocycles. The third-order valence-electron chi connectivity index (χ3n) is 6.91. The van der Waals surface area contributed by atoms with Crippen molar-refractivity contribution in [2.45, 2.75) is 32.5 Å². The van der Waals surface area contributed by atoms with Crippen molar-refractivity contribution in [3.05, 3.63) is 101 Å². The molecule has 4 heterocycles. The molecule has 0 bridgehead atoms. The highest BCUT2D eigenvalue weighted by Crippen LogP contribution is 2.45. The Bertz CT molecular complexity index is 1830. The van der Waals surface area contributed by atoms with Crippen molar-refractivity contribution in [3.63, 3.8) is 0 Å². The minimum Gasteiger partial charge on any atom is -0.487 e. The molecule has 4 aromatic heterocycles. The van der Waals surface area contributed by atoms with Crippen molar-refractivity contribution in [2.75, 3.05) is 5.32 Å². The van der Waals surface area contributed by atoms with Crippen molar-refractivity contribution < 1.29 is 9.13 Å². The number of fused-ring (bicyclic) bond motifs is 5. The lowest BCUT2D eigenvalue weighted by molar-refractivity contribution is 0.306. The van der Waals surface area contributed by atoms with E-state index in [1.807, 2.05) is 29.3 Å². The number of nitrogens with zero attached hydrogens (tertiary/aromatic N) is 6. The minimum atomic E-state index is -0.297. The van der Waals surface area contributed by atoms with Gasteiger partial charge in [-0.25, -0.2) is 19.3 Å². The topological polar surface area (TPSA) is 82.7 Å². The Morgan fingerprint density at radius 3 is 2.90 bits per heavy atom. The number of ether oxygens (including phenoxy) is 1. The molecule has 7 rings (SSSR count). The fourth-order valence-corrected chi connectivity index (χ4v) is 6.45. The first-order valence-corrected chi connectivity index (χ1v) is 14.0. The summed E-state index contributed by atoms with van der Waals surface area (Å²) in [5, 5.41) is 9.77. The van der Waals surface area contributed by atoms with Crippen molar-refractivity contribution >= 4 is 44.7 Å². The molecule has 0 saturated carbocycles. The van der Waals surface area contributed by atoms with Crippen molar-refractivity contribution in [3.8, 4) is 16.2 Å². The molecule has 0 spiro atoms. The summed E-state index contributed by atoms with van der Waals surface area (Å²) in [6.45, 7) is 1.81. The Morgan fingerprint density at radius 1 is 1.10 bits per heavy atom. The molecule has 200 valence electrons. The van der Waals surface area contributed by atoms with E-state index in [0.717, 1.165) is 58.9 Å². The summed E-state index contributed by atoms with van der Waals surface area (Å²) >= 11 is 8.21. The molecule has 6 aromatic rings. The SMILES string of the molecule is Fc1cccc(COc2ccc(Nc3ncnc4sc5c(c34)CCc3nn(CCn4ccnc4)cc3-5)cc2Cl)c1. The summed E-state index contributed by atoms with van der Waals surface area (Å²) in [4.78, 5) is 15.4. The predicted octanol–water partition coefficient (Wildman–Crippen LogP) is 6.67. The number of anilines is 2. The molecule has 0 atom stereocenters. The number of aromatic nitrogens is 6. The van der Waals surface area contributed by atoms with Crippen LogP contribution in [0.5, 0.6) is 5.75 Å². The van der Waals surface area contributed by atoms with E-state index >= 15 is 0 Å². The van der Waals surface area contributed by atoms with Crippen LogP contribution in [0.3, 0.4) is 0 Å². The van der Waals surface area contributed by atoms with Gasteiger partial charge in [-0.3, -0.25) is 4.68 Å². The lowest BCUT2D eigenvalue weighted by Gasteiger charge is -2.13. The number of benzene rings is 2. The minimum absolute atomic E-state index is 0.222. The molecular formula is C29H23ClFN7OS. The van der Waals surface area contributed by atoms with Gasteiger partial charge in [-0.1, -0.05) is 23.7 Å². The monoisotopic (exact) mass is 571 g/mol. The Hall–Kier alpha value is -4.28. The molecule has 1 N–H and O–H groups in total. The molecule has 1 aliphatic rings. The first-order chi connectivity index (χ1) is 19.6. The molecule has 0 radical (unpaired) electrons. The van der Waals surface area contributed by atoms with Gasteiger partial charge in [0, 0.05) is 41.3 Å². The van der Waals surface area contributed by atoms with E-state index < -0.39 is 0 Å². The van der Waals surface area contributed by atoms with Crippen molar-refractivity contribution in [2.24, 2.45) is 0 Å². The molecule has 0 unspecified atom stereocenters. The van der Waals surface area contributed by atoms with E-state index in [2.05, 4.69) is 31.0 Å². The second-order valence-electron chi connectivity index (χ2n) is 9.55. The number of hydrogen-bond acceptors (Lipinski definition) is 7. The van der Waals surface area contributed by atoms with Gasteiger partial charge in [-0.15, -0.1) is 11.3 Å². The third kappa shape index (κ3) is 4.80. The number of nitrogens with one attached hydrogen (secondary N) is 1. The van der Waals surface area contributed by atoms with E-state index in [0.29, 0.717) is 10.8 Å². The molecule has 8 nitrogen and oxygen atoms in total. The second kappa shape index (κ2) is 10.4. The summed E-state index contributed by atoms with van der Waals surface area (Å²) < 4.78 is 23.4. The van der Waals surface area contributed by atoms with Crippen molar-refractivity contribution in [1.29, 1.82) is 0 Å². The molecule has 11 heteroatoms. The summed E-state index contributed by atoms with van der Waals surface area (Å²) in [6, 6.07) is 11.8. The highest BCUT2D eigenvalue weighted by atomic mass is 35.5. The van der Waals surface area contributed by atoms with Gasteiger partial charge in [0.15, 0.2) is 0 Å². The van der Waals surface area contributed by atoms with Gasteiger partial charge in [0.05, 0.1) is 29.0 Å². The number of imidazole rings is 1. The van der Waals surface area contributed by atoms with E-state index in [1.165, 1.54) is 28.1 Å². The van der Waals surface area contributed by atoms with Crippen LogP contribution in [0.25, 0.3) is 20.7 Å². The number of hydrogen-bond donors (Lipinski definition) is 1. The summed E-state index contributed by atoms with van der Waals surface area (Å²) in [7, 11) is 0. The predicted molar refractivity (Wildman–Crippen MR) is 154 cm³/mol. The Labute approximate surface area is 238 Å². The molecular weight excluding hydrogens is 549 g/mol. The smallest absolute Gasteiger partial charge is 0.142 e. The van der Waals surface area contributed by atoms with Crippen LogP contribution in [-0.2, 0) is 32.5 Å². The first-order valence-electron chi connectivity index (χ1n) is 12.8. The van der Waals surface area contributed by atoms with Gasteiger partial charge in [0.25, 0.3) is 0 Å². The Morgan fingerprint density at radius 2 is 2.05 bits per heavy atom. The van der Waals surface area contributed by atoms with Crippen LogP contribution in [-0.4, -0.2) is 29.3 Å². The maximum absolute atomic E-state index is 13.5. The van der Waals surface area contributed by atoms with E-state index in [1.54, 1.807) is 42.1 Å². The quantitative estimate of drug-likeness (QED) is 0.220. The van der Waals surface area contributed by atoms with Gasteiger partial charge in [0.1, 0.15) is 35.1 Å². The zero-order chi connectivity index (χ0) is 27.1. The number of halogens is 2.